The number of hydrogen-bond acceptors (Lipinski definition) is 10. The third-order valence-electron chi connectivity index (χ3n) is 10.9. The van der Waals surface area contributed by atoms with E-state index in [9.17, 15) is 50.8 Å². The lowest BCUT2D eigenvalue weighted by Gasteiger charge is -2.41. The number of anilines is 4. The van der Waals surface area contributed by atoms with E-state index in [1.54, 1.807) is 61.2 Å². The van der Waals surface area contributed by atoms with Gasteiger partial charge in [-0.1, -0.05) is 19.9 Å². The maximum absolute atomic E-state index is 14.4. The lowest BCUT2D eigenvalue weighted by molar-refractivity contribution is -0.197. The van der Waals surface area contributed by atoms with Crippen LogP contribution in [0.1, 0.15) is 63.1 Å². The van der Waals surface area contributed by atoms with Gasteiger partial charge in [-0.2, -0.15) is 31.6 Å². The van der Waals surface area contributed by atoms with Gasteiger partial charge in [0.05, 0.1) is 29.4 Å². The summed E-state index contributed by atoms with van der Waals surface area (Å²) in [5.41, 5.74) is -1.34. The summed E-state index contributed by atoms with van der Waals surface area (Å²) >= 11 is 5.69. The SMILES string of the molecule is CC(C)c1cc(N2C(=S)N(c3ccc(C#N)c(C(F)(F)F)c3)C(=O)C2(C)C)ccc1OCCN1CCN(CC(=O)Nc2cccc(NC3CCC(=O)NC3=O)c2)C(C(F)(F)F)C1. The number of piperidine rings is 1. The molecule has 0 spiro atoms. The molecule has 0 aromatic heterocycles. The predicted octanol–water partition coefficient (Wildman–Crippen LogP) is 6.40. The van der Waals surface area contributed by atoms with Crippen LogP contribution in [0.2, 0.25) is 0 Å². The summed E-state index contributed by atoms with van der Waals surface area (Å²) < 4.78 is 90.8. The normalized spacial score (nSPS) is 20.0. The molecule has 3 aromatic carbocycles. The summed E-state index contributed by atoms with van der Waals surface area (Å²) in [6.07, 6.45) is -9.05. The van der Waals surface area contributed by atoms with E-state index in [-0.39, 0.29) is 61.7 Å². The molecule has 0 saturated carbocycles. The topological polar surface area (TPSA) is 150 Å². The smallest absolute Gasteiger partial charge is 0.417 e. The summed E-state index contributed by atoms with van der Waals surface area (Å²) in [5, 5.41) is 17.1. The molecule has 2 unspecified atom stereocenters. The highest BCUT2D eigenvalue weighted by molar-refractivity contribution is 7.81. The van der Waals surface area contributed by atoms with E-state index in [0.29, 0.717) is 28.4 Å². The van der Waals surface area contributed by atoms with Crippen LogP contribution in [0.15, 0.2) is 60.7 Å². The third-order valence-corrected chi connectivity index (χ3v) is 11.3. The molecule has 3 heterocycles. The van der Waals surface area contributed by atoms with Crippen molar-refractivity contribution in [2.45, 2.75) is 76.4 Å². The van der Waals surface area contributed by atoms with Crippen LogP contribution in [-0.4, -0.2) is 102 Å². The first-order valence-corrected chi connectivity index (χ1v) is 20.1. The number of rotatable bonds is 12. The molecule has 3 fully saturated rings. The van der Waals surface area contributed by atoms with Crippen LogP contribution in [0.3, 0.4) is 0 Å². The molecule has 3 saturated heterocycles. The Morgan fingerprint density at radius 1 is 1.00 bits per heavy atom. The molecule has 0 aliphatic carbocycles. The molecular weight excluding hydrogens is 843 g/mol. The molecule has 3 aliphatic heterocycles. The van der Waals surface area contributed by atoms with Gasteiger partial charge in [0.15, 0.2) is 5.11 Å². The van der Waals surface area contributed by atoms with E-state index in [2.05, 4.69) is 16.0 Å². The zero-order valence-corrected chi connectivity index (χ0v) is 34.9. The van der Waals surface area contributed by atoms with Gasteiger partial charge in [-0.15, -0.1) is 0 Å². The Kier molecular flexibility index (Phi) is 13.2. The molecule has 2 atom stereocenters. The standard InChI is InChI=1S/C42H44F6N8O5S/c1-24(2)30-19-29(56-39(62)55(38(60)40(56,3)4)28-9-8-25(21-49)31(20-28)41(43,44)45)10-12-33(30)61-17-16-53-14-15-54(34(22-53)42(46,47)48)23-36(58)51-27-7-5-6-26(18-27)50-32-11-13-35(57)52-37(32)59/h5-10,12,18-20,24,32,34,50H,11,13-17,22-23H2,1-4H3,(H,51,58)(H,52,57,59). The van der Waals surface area contributed by atoms with Crippen molar-refractivity contribution >= 4 is 63.7 Å². The highest BCUT2D eigenvalue weighted by Gasteiger charge is 2.51. The summed E-state index contributed by atoms with van der Waals surface area (Å²) in [4.78, 5) is 55.6. The summed E-state index contributed by atoms with van der Waals surface area (Å²) in [5.74, 6) is -1.78. The highest BCUT2D eigenvalue weighted by Crippen LogP contribution is 2.41. The Hall–Kier alpha value is -5.78. The summed E-state index contributed by atoms with van der Waals surface area (Å²) in [6, 6.07) is 13.3. The Morgan fingerprint density at radius 2 is 1.71 bits per heavy atom. The van der Waals surface area contributed by atoms with E-state index in [1.165, 1.54) is 17.0 Å². The van der Waals surface area contributed by atoms with Gasteiger partial charge in [-0.05, 0) is 98.6 Å². The monoisotopic (exact) mass is 886 g/mol. The molecule has 3 N–H and O–H groups in total. The van der Waals surface area contributed by atoms with E-state index in [4.69, 9.17) is 17.0 Å². The molecule has 0 radical (unpaired) electrons. The lowest BCUT2D eigenvalue weighted by Crippen LogP contribution is -2.60. The average molecular weight is 887 g/mol. The van der Waals surface area contributed by atoms with Crippen molar-refractivity contribution in [3.63, 3.8) is 0 Å². The van der Waals surface area contributed by atoms with Crippen LogP contribution in [0, 0.1) is 11.3 Å². The molecule has 3 aromatic rings. The molecule has 20 heteroatoms. The van der Waals surface area contributed by atoms with Crippen LogP contribution in [0.4, 0.5) is 49.1 Å². The van der Waals surface area contributed by atoms with Crippen molar-refractivity contribution < 1.29 is 50.3 Å². The van der Waals surface area contributed by atoms with Crippen molar-refractivity contribution in [3.8, 4) is 11.8 Å². The molecule has 0 bridgehead atoms. The second-order valence-corrected chi connectivity index (χ2v) is 16.4. The Morgan fingerprint density at radius 3 is 2.37 bits per heavy atom. The second kappa shape index (κ2) is 17.9. The number of benzene rings is 3. The number of halogens is 6. The number of nitriles is 1. The molecule has 4 amide bonds. The minimum Gasteiger partial charge on any atom is -0.492 e. The number of imide groups is 1. The van der Waals surface area contributed by atoms with E-state index in [0.717, 1.165) is 21.9 Å². The highest BCUT2D eigenvalue weighted by atomic mass is 32.1. The Bertz CT molecular complexity index is 2300. The molecule has 3 aliphatic rings. The van der Waals surface area contributed by atoms with Gasteiger partial charge in [0, 0.05) is 49.7 Å². The van der Waals surface area contributed by atoms with Gasteiger partial charge in [0.1, 0.15) is 30.0 Å². The maximum Gasteiger partial charge on any atom is 0.417 e. The number of amides is 4. The zero-order valence-electron chi connectivity index (χ0n) is 34.1. The van der Waals surface area contributed by atoms with Crippen molar-refractivity contribution in [2.75, 3.05) is 59.8 Å². The molecule has 330 valence electrons. The number of alkyl halides is 6. The van der Waals surface area contributed by atoms with Crippen molar-refractivity contribution in [3.05, 3.63) is 77.4 Å². The first-order valence-electron chi connectivity index (χ1n) is 19.7. The number of hydrogen-bond donors (Lipinski definition) is 3. The van der Waals surface area contributed by atoms with Crippen molar-refractivity contribution in [1.82, 2.24) is 15.1 Å². The zero-order chi connectivity index (χ0) is 45.3. The molecular formula is C42H44F6N8O5S. The first kappa shape index (κ1) is 45.7. The van der Waals surface area contributed by atoms with Crippen LogP contribution in [0.5, 0.6) is 5.75 Å². The molecule has 62 heavy (non-hydrogen) atoms. The minimum atomic E-state index is -4.85. The first-order chi connectivity index (χ1) is 29.1. The fraction of sp³-hybridized carbons (Fsp3) is 0.429. The summed E-state index contributed by atoms with van der Waals surface area (Å²) in [7, 11) is 0. The minimum absolute atomic E-state index is 0.0213. The molecule has 13 nitrogen and oxygen atoms in total. The van der Waals surface area contributed by atoms with Crippen molar-refractivity contribution in [2.24, 2.45) is 0 Å². The lowest BCUT2D eigenvalue weighted by atomic mass is 9.98. The number of carbonyl (C=O) groups is 4. The largest absolute Gasteiger partial charge is 0.492 e. The molecule has 6 rings (SSSR count). The Labute approximate surface area is 358 Å². The van der Waals surface area contributed by atoms with E-state index < -0.39 is 71.9 Å². The number of thiocarbonyl (C=S) groups is 1. The maximum atomic E-state index is 14.4. The van der Waals surface area contributed by atoms with Crippen LogP contribution in [-0.2, 0) is 25.4 Å². The van der Waals surface area contributed by atoms with Crippen molar-refractivity contribution in [1.29, 1.82) is 5.26 Å². The number of carbonyl (C=O) groups excluding carboxylic acids is 4. The summed E-state index contributed by atoms with van der Waals surface area (Å²) in [6.45, 7) is 6.35. The second-order valence-electron chi connectivity index (χ2n) is 16.0. The van der Waals surface area contributed by atoms with E-state index in [1.807, 2.05) is 13.8 Å². The Balaban J connectivity index is 1.08. The number of nitrogens with zero attached hydrogens (tertiary/aromatic N) is 5. The predicted molar refractivity (Wildman–Crippen MR) is 222 cm³/mol. The van der Waals surface area contributed by atoms with Gasteiger partial charge in [-0.3, -0.25) is 39.2 Å². The third kappa shape index (κ3) is 9.95. The van der Waals surface area contributed by atoms with E-state index >= 15 is 0 Å². The fourth-order valence-electron chi connectivity index (χ4n) is 7.69. The quantitative estimate of drug-likeness (QED) is 0.105. The van der Waals surface area contributed by atoms with Crippen LogP contribution in [0.25, 0.3) is 0 Å². The van der Waals surface area contributed by atoms with Crippen LogP contribution < -0.4 is 30.5 Å². The van der Waals surface area contributed by atoms with Gasteiger partial charge >= 0.3 is 12.4 Å². The van der Waals surface area contributed by atoms with Crippen LogP contribution >= 0.6 is 12.2 Å². The number of ether oxygens (including phenoxy) is 1. The van der Waals surface area contributed by atoms with Gasteiger partial charge in [0.25, 0.3) is 5.91 Å². The van der Waals surface area contributed by atoms with Gasteiger partial charge < -0.3 is 20.3 Å². The fourth-order valence-corrected chi connectivity index (χ4v) is 8.21. The van der Waals surface area contributed by atoms with Gasteiger partial charge in [0.2, 0.25) is 17.7 Å². The number of piperazine rings is 1. The average Bonchev–Trinajstić information content (AvgIpc) is 3.37. The number of nitrogens with one attached hydrogen (secondary N) is 3. The van der Waals surface area contributed by atoms with Gasteiger partial charge in [-0.25, -0.2) is 0 Å².